The molecular formula is C66H80N6O12Si2. The van der Waals surface area contributed by atoms with Crippen LogP contribution < -0.4 is 33.6 Å². The number of carbonyl (C=O) groups is 5. The number of nitrogens with zero attached hydrogens (tertiary/aromatic N) is 6. The Hall–Kier alpha value is -7.92. The number of fused-ring (bicyclic) bond motifs is 4. The molecular weight excluding hydrogens is 1120 g/mol. The van der Waals surface area contributed by atoms with E-state index in [0.717, 1.165) is 51.2 Å². The predicted molar refractivity (Wildman–Crippen MR) is 338 cm³/mol. The topological polar surface area (TPSA) is 169 Å². The van der Waals surface area contributed by atoms with Crippen LogP contribution in [0.5, 0.6) is 23.0 Å². The molecule has 0 N–H and O–H groups in total. The summed E-state index contributed by atoms with van der Waals surface area (Å²) in [6, 6.07) is 32.5. The van der Waals surface area contributed by atoms with Gasteiger partial charge in [-0.2, -0.15) is 0 Å². The second kappa shape index (κ2) is 26.4. The summed E-state index contributed by atoms with van der Waals surface area (Å²) in [7, 11) is 0.198. The van der Waals surface area contributed by atoms with Gasteiger partial charge in [-0.15, -0.1) is 0 Å². The van der Waals surface area contributed by atoms with Crippen molar-refractivity contribution in [1.82, 2.24) is 14.7 Å². The van der Waals surface area contributed by atoms with Gasteiger partial charge in [0.15, 0.2) is 11.5 Å². The van der Waals surface area contributed by atoms with Gasteiger partial charge in [0.2, 0.25) is 0 Å². The first-order chi connectivity index (χ1) is 41.3. The molecule has 0 unspecified atom stereocenters. The maximum Gasteiger partial charge on any atom is 0.410 e. The van der Waals surface area contributed by atoms with Crippen LogP contribution in [0.25, 0.3) is 11.1 Å². The summed E-state index contributed by atoms with van der Waals surface area (Å²) in [4.78, 5) is 81.9. The van der Waals surface area contributed by atoms with E-state index in [0.29, 0.717) is 98.6 Å². The predicted octanol–water partition coefficient (Wildman–Crippen LogP) is 11.1. The fraction of sp³-hybridized carbons (Fsp3) is 0.409. The Morgan fingerprint density at radius 1 is 0.570 bits per heavy atom. The molecule has 5 aromatic carbocycles. The minimum absolute atomic E-state index is 0.0193. The molecule has 0 aliphatic carbocycles. The Balaban J connectivity index is 0.820. The zero-order valence-corrected chi connectivity index (χ0v) is 53.0. The van der Waals surface area contributed by atoms with Crippen molar-refractivity contribution in [2.24, 2.45) is 0 Å². The Kier molecular flexibility index (Phi) is 18.8. The summed E-state index contributed by atoms with van der Waals surface area (Å²) in [5.41, 5.74) is 7.66. The van der Waals surface area contributed by atoms with E-state index in [1.165, 1.54) is 12.0 Å². The molecule has 2 atom stereocenters. The molecule has 454 valence electrons. The maximum atomic E-state index is 14.9. The molecule has 0 radical (unpaired) electrons. The molecule has 5 heterocycles. The number of hydrogen-bond donors (Lipinski definition) is 0. The molecule has 86 heavy (non-hydrogen) atoms. The monoisotopic (exact) mass is 1200 g/mol. The molecule has 5 amide bonds. The average Bonchev–Trinajstić information content (AvgIpc) is 1.65. The number of amides is 5. The smallest absolute Gasteiger partial charge is 0.410 e. The number of hydrogen-bond acceptors (Lipinski definition) is 13. The number of benzene rings is 5. The molecule has 18 nitrogen and oxygen atoms in total. The molecule has 20 heteroatoms. The van der Waals surface area contributed by atoms with Gasteiger partial charge >= 0.3 is 6.09 Å². The van der Waals surface area contributed by atoms with Crippen molar-refractivity contribution >= 4 is 74.1 Å². The van der Waals surface area contributed by atoms with Crippen molar-refractivity contribution in [3.63, 3.8) is 0 Å². The van der Waals surface area contributed by atoms with Crippen molar-refractivity contribution in [3.05, 3.63) is 149 Å². The number of rotatable bonds is 23. The standard InChI is InChI=1S/C66H80N6O12Si2/c1-45-34-53-55(71(43-80-30-32-85(4,5)6)64(75)57-36-50(41-69(57)62(53)73)48-18-22-52(78-2)23-19-48)38-59(45)82-28-13-29-83-61-39-56-54(37-60(61)79-3)63(74)70-40-49(35-58(70)65(76)72(56)44-81-31-33-86(7,8)9)47-16-20-51(21-17-47)67-24-26-68(27-25-67)66(77)84-42-46-14-11-10-12-15-46/h10-12,14-23,34,37-41,57-58H,13,24-33,35-36,42-44H2,1-9H3/t57-,58-/m0/s1. The number of methoxy groups -OCH3 is 2. The van der Waals surface area contributed by atoms with Crippen LogP contribution in [-0.4, -0.2) is 153 Å². The van der Waals surface area contributed by atoms with Gasteiger partial charge in [0.25, 0.3) is 23.6 Å². The number of piperazine rings is 1. The fourth-order valence-corrected chi connectivity index (χ4v) is 12.7. The van der Waals surface area contributed by atoms with Gasteiger partial charge in [0.05, 0.1) is 49.9 Å². The first-order valence-corrected chi connectivity index (χ1v) is 37.1. The van der Waals surface area contributed by atoms with E-state index in [1.54, 1.807) is 63.4 Å². The molecule has 5 aromatic rings. The van der Waals surface area contributed by atoms with Crippen molar-refractivity contribution < 1.29 is 57.1 Å². The van der Waals surface area contributed by atoms with Gasteiger partial charge in [-0.1, -0.05) is 93.9 Å². The summed E-state index contributed by atoms with van der Waals surface area (Å²) in [5.74, 6) is 0.750. The molecule has 5 aliphatic heterocycles. The first kappa shape index (κ1) is 61.2. The minimum Gasteiger partial charge on any atom is -0.497 e. The quantitative estimate of drug-likeness (QED) is 0.0448. The SMILES string of the molecule is COc1ccc(C2=CN3C(=O)c4cc(C)c(OCCCOc5cc6c(cc5OC)C(=O)N5C=C(c7ccc(N8CCN(C(=O)OCc9ccccc9)CC8)cc7)C[C@H]5C(=O)N6COCC[Si](C)(C)C)cc4N(COCC[Si](C)(C)C)C(=O)[C@@H]3C2)cc1. The number of ether oxygens (including phenoxy) is 7. The highest BCUT2D eigenvalue weighted by Gasteiger charge is 2.45. The van der Waals surface area contributed by atoms with Crippen LogP contribution >= 0.6 is 0 Å². The Morgan fingerprint density at radius 2 is 1.08 bits per heavy atom. The zero-order chi connectivity index (χ0) is 60.9. The lowest BCUT2D eigenvalue weighted by atomic mass is 10.0. The van der Waals surface area contributed by atoms with Crippen LogP contribution in [0.1, 0.15) is 62.2 Å². The van der Waals surface area contributed by atoms with Gasteiger partial charge in [-0.3, -0.25) is 29.0 Å². The molecule has 0 spiro atoms. The summed E-state index contributed by atoms with van der Waals surface area (Å²) in [6.07, 6.45) is 4.33. The van der Waals surface area contributed by atoms with Crippen molar-refractivity contribution in [1.29, 1.82) is 0 Å². The van der Waals surface area contributed by atoms with E-state index in [4.69, 9.17) is 33.2 Å². The molecule has 1 fully saturated rings. The zero-order valence-electron chi connectivity index (χ0n) is 51.0. The van der Waals surface area contributed by atoms with Gasteiger partial charge < -0.3 is 52.8 Å². The van der Waals surface area contributed by atoms with Crippen LogP contribution in [0.2, 0.25) is 51.4 Å². The highest BCUT2D eigenvalue weighted by molar-refractivity contribution is 6.76. The highest BCUT2D eigenvalue weighted by Crippen LogP contribution is 2.44. The Labute approximate surface area is 506 Å². The van der Waals surface area contributed by atoms with E-state index in [1.807, 2.05) is 85.8 Å². The van der Waals surface area contributed by atoms with Crippen LogP contribution in [0.15, 0.2) is 116 Å². The van der Waals surface area contributed by atoms with E-state index >= 15 is 0 Å². The van der Waals surface area contributed by atoms with E-state index < -0.39 is 28.2 Å². The van der Waals surface area contributed by atoms with E-state index in [-0.39, 0.29) is 68.6 Å². The third kappa shape index (κ3) is 14.0. The van der Waals surface area contributed by atoms with E-state index in [9.17, 15) is 24.0 Å². The van der Waals surface area contributed by atoms with Crippen LogP contribution in [0.3, 0.4) is 0 Å². The number of aryl methyl sites for hydroxylation is 1. The van der Waals surface area contributed by atoms with Crippen LogP contribution in [0.4, 0.5) is 21.9 Å². The molecule has 0 bridgehead atoms. The van der Waals surface area contributed by atoms with Gasteiger partial charge in [-0.25, -0.2) is 4.79 Å². The Bertz CT molecular complexity index is 3370. The van der Waals surface area contributed by atoms with Crippen molar-refractivity contribution in [2.45, 2.75) is 96.2 Å². The second-order valence-corrected chi connectivity index (χ2v) is 36.1. The third-order valence-electron chi connectivity index (χ3n) is 16.3. The normalized spacial score (nSPS) is 17.8. The maximum absolute atomic E-state index is 14.9. The molecule has 1 saturated heterocycles. The molecule has 5 aliphatic rings. The lowest BCUT2D eigenvalue weighted by Crippen LogP contribution is -2.48. The summed E-state index contributed by atoms with van der Waals surface area (Å²) in [6.45, 7) is 19.4. The highest BCUT2D eigenvalue weighted by atomic mass is 28.3. The average molecular weight is 1210 g/mol. The summed E-state index contributed by atoms with van der Waals surface area (Å²) in [5, 5.41) is 0. The molecule has 0 aromatic heterocycles. The van der Waals surface area contributed by atoms with Crippen LogP contribution in [0, 0.1) is 6.92 Å². The third-order valence-corrected chi connectivity index (χ3v) is 19.7. The van der Waals surface area contributed by atoms with Crippen molar-refractivity contribution in [3.8, 4) is 23.0 Å². The number of anilines is 3. The van der Waals surface area contributed by atoms with E-state index in [2.05, 4.69) is 44.2 Å². The Morgan fingerprint density at radius 3 is 1.60 bits per heavy atom. The lowest BCUT2D eigenvalue weighted by molar-refractivity contribution is -0.123. The van der Waals surface area contributed by atoms with Crippen LogP contribution in [-0.2, 0) is 30.4 Å². The van der Waals surface area contributed by atoms with Gasteiger partial charge in [0, 0.05) is 105 Å². The first-order valence-electron chi connectivity index (χ1n) is 29.7. The summed E-state index contributed by atoms with van der Waals surface area (Å²) >= 11 is 0. The summed E-state index contributed by atoms with van der Waals surface area (Å²) < 4.78 is 42.1. The fourth-order valence-electron chi connectivity index (χ4n) is 11.2. The molecule has 10 rings (SSSR count). The second-order valence-electron chi connectivity index (χ2n) is 24.9. The minimum atomic E-state index is -1.48. The van der Waals surface area contributed by atoms with Gasteiger partial charge in [0.1, 0.15) is 43.7 Å². The largest absolute Gasteiger partial charge is 0.497 e. The van der Waals surface area contributed by atoms with Crippen molar-refractivity contribution in [2.75, 3.05) is 95.0 Å². The lowest BCUT2D eigenvalue weighted by Gasteiger charge is -2.35. The van der Waals surface area contributed by atoms with Gasteiger partial charge in [-0.05, 0) is 88.8 Å². The molecule has 0 saturated carbocycles. The number of carbonyl (C=O) groups excluding carboxylic acids is 5.